The minimum Gasteiger partial charge on any atom is -0.393 e. The summed E-state index contributed by atoms with van der Waals surface area (Å²) in [4.78, 5) is 11.2. The van der Waals surface area contributed by atoms with Crippen LogP contribution < -0.4 is 0 Å². The standard InChI is InChI=1S/C10H23O2Si/c1-4-5-6-7-8-9-10-12-13(2,3)11/h4-10H2,1-3H3. The smallest absolute Gasteiger partial charge is 0.367 e. The SMILES string of the molecule is CCCCCCCCO[Si](C)(C)[O]. The van der Waals surface area contributed by atoms with Crippen molar-refractivity contribution >= 4 is 8.56 Å². The monoisotopic (exact) mass is 203 g/mol. The predicted octanol–water partition coefficient (Wildman–Crippen LogP) is 3.50. The van der Waals surface area contributed by atoms with Crippen molar-refractivity contribution in [2.45, 2.75) is 58.5 Å². The van der Waals surface area contributed by atoms with Crippen molar-refractivity contribution in [2.24, 2.45) is 0 Å². The molecule has 0 aromatic carbocycles. The van der Waals surface area contributed by atoms with Gasteiger partial charge in [0.05, 0.1) is 0 Å². The summed E-state index contributed by atoms with van der Waals surface area (Å²) in [6.07, 6.45) is 7.51. The first kappa shape index (κ1) is 13.1. The van der Waals surface area contributed by atoms with E-state index in [1.165, 1.54) is 32.1 Å². The zero-order valence-electron chi connectivity index (χ0n) is 9.27. The molecule has 0 aliphatic carbocycles. The van der Waals surface area contributed by atoms with Gasteiger partial charge in [-0.05, 0) is 19.5 Å². The first-order chi connectivity index (χ1) is 6.06. The molecule has 0 fully saturated rings. The highest BCUT2D eigenvalue weighted by molar-refractivity contribution is 6.62. The van der Waals surface area contributed by atoms with Crippen molar-refractivity contribution in [3.63, 3.8) is 0 Å². The fraction of sp³-hybridized carbons (Fsp3) is 1.00. The summed E-state index contributed by atoms with van der Waals surface area (Å²) in [5.74, 6) is 0. The maximum Gasteiger partial charge on any atom is 0.367 e. The molecular weight excluding hydrogens is 180 g/mol. The molecule has 0 aliphatic rings. The van der Waals surface area contributed by atoms with Gasteiger partial charge in [-0.3, -0.25) is 4.80 Å². The van der Waals surface area contributed by atoms with Crippen LogP contribution in [-0.4, -0.2) is 15.2 Å². The maximum absolute atomic E-state index is 11.2. The Balaban J connectivity index is 3.00. The molecule has 1 radical (unpaired) electrons. The van der Waals surface area contributed by atoms with Gasteiger partial charge in [0.15, 0.2) is 0 Å². The van der Waals surface area contributed by atoms with E-state index in [4.69, 9.17) is 4.43 Å². The normalized spacial score (nSPS) is 12.0. The second kappa shape index (κ2) is 7.53. The van der Waals surface area contributed by atoms with Gasteiger partial charge >= 0.3 is 8.56 Å². The Hall–Kier alpha value is 0.137. The largest absolute Gasteiger partial charge is 0.393 e. The van der Waals surface area contributed by atoms with Crippen LogP contribution in [0.1, 0.15) is 45.4 Å². The van der Waals surface area contributed by atoms with E-state index in [0.29, 0.717) is 6.61 Å². The number of unbranched alkanes of at least 4 members (excludes halogenated alkanes) is 5. The molecule has 0 saturated heterocycles. The van der Waals surface area contributed by atoms with Crippen molar-refractivity contribution < 1.29 is 9.22 Å². The van der Waals surface area contributed by atoms with Crippen molar-refractivity contribution in [1.82, 2.24) is 0 Å². The van der Waals surface area contributed by atoms with Crippen LogP contribution in [0.5, 0.6) is 0 Å². The van der Waals surface area contributed by atoms with E-state index < -0.39 is 8.56 Å². The fourth-order valence-corrected chi connectivity index (χ4v) is 1.84. The third kappa shape index (κ3) is 12.1. The summed E-state index contributed by atoms with van der Waals surface area (Å²) in [6, 6.07) is 0. The van der Waals surface area contributed by atoms with Crippen LogP contribution in [0.3, 0.4) is 0 Å². The van der Waals surface area contributed by atoms with Crippen molar-refractivity contribution in [3.05, 3.63) is 0 Å². The first-order valence-corrected chi connectivity index (χ1v) is 8.22. The lowest BCUT2D eigenvalue weighted by molar-refractivity contribution is 0.205. The topological polar surface area (TPSA) is 29.1 Å². The molecule has 0 aliphatic heterocycles. The highest BCUT2D eigenvalue weighted by Gasteiger charge is 2.20. The summed E-state index contributed by atoms with van der Waals surface area (Å²) < 4.78 is 5.22. The van der Waals surface area contributed by atoms with Gasteiger partial charge in [-0.2, -0.15) is 0 Å². The fourth-order valence-electron chi connectivity index (χ4n) is 1.20. The lowest BCUT2D eigenvalue weighted by Crippen LogP contribution is -2.28. The molecule has 0 saturated carbocycles. The zero-order valence-corrected chi connectivity index (χ0v) is 10.3. The van der Waals surface area contributed by atoms with Gasteiger partial charge in [0.1, 0.15) is 0 Å². The second-order valence-electron chi connectivity index (χ2n) is 4.02. The van der Waals surface area contributed by atoms with Gasteiger partial charge in [-0.25, -0.2) is 0 Å². The lowest BCUT2D eigenvalue weighted by Gasteiger charge is -2.12. The average molecular weight is 203 g/mol. The quantitative estimate of drug-likeness (QED) is 0.438. The van der Waals surface area contributed by atoms with Crippen LogP contribution in [0, 0.1) is 0 Å². The highest BCUT2D eigenvalue weighted by atomic mass is 28.4. The molecule has 2 nitrogen and oxygen atoms in total. The van der Waals surface area contributed by atoms with Crippen LogP contribution in [0.4, 0.5) is 0 Å². The third-order valence-electron chi connectivity index (χ3n) is 1.95. The Labute approximate surface area is 83.6 Å². The summed E-state index contributed by atoms with van der Waals surface area (Å²) in [5, 5.41) is 0. The summed E-state index contributed by atoms with van der Waals surface area (Å²) >= 11 is 0. The minimum atomic E-state index is -2.48. The summed E-state index contributed by atoms with van der Waals surface area (Å²) in [7, 11) is -2.48. The zero-order chi connectivity index (χ0) is 10.2. The van der Waals surface area contributed by atoms with Gasteiger partial charge in [-0.15, -0.1) is 0 Å². The van der Waals surface area contributed by atoms with E-state index in [9.17, 15) is 4.80 Å². The van der Waals surface area contributed by atoms with E-state index in [0.717, 1.165) is 6.42 Å². The van der Waals surface area contributed by atoms with Crippen LogP contribution in [-0.2, 0) is 9.22 Å². The van der Waals surface area contributed by atoms with Gasteiger partial charge in [0.2, 0.25) is 0 Å². The molecule has 0 unspecified atom stereocenters. The van der Waals surface area contributed by atoms with Gasteiger partial charge < -0.3 is 4.43 Å². The van der Waals surface area contributed by atoms with E-state index in [-0.39, 0.29) is 0 Å². The summed E-state index contributed by atoms with van der Waals surface area (Å²) in [5.41, 5.74) is 0. The Morgan fingerprint density at radius 3 is 2.08 bits per heavy atom. The molecular formula is C10H23O2Si. The van der Waals surface area contributed by atoms with E-state index in [1.807, 2.05) is 0 Å². The Morgan fingerprint density at radius 1 is 1.00 bits per heavy atom. The van der Waals surface area contributed by atoms with Crippen LogP contribution >= 0.6 is 0 Å². The van der Waals surface area contributed by atoms with Gasteiger partial charge in [0, 0.05) is 6.61 Å². The van der Waals surface area contributed by atoms with Crippen LogP contribution in [0.15, 0.2) is 0 Å². The maximum atomic E-state index is 11.2. The van der Waals surface area contributed by atoms with Gasteiger partial charge in [0.25, 0.3) is 0 Å². The van der Waals surface area contributed by atoms with Crippen LogP contribution in [0.25, 0.3) is 0 Å². The Bertz CT molecular complexity index is 110. The van der Waals surface area contributed by atoms with E-state index in [2.05, 4.69) is 6.92 Å². The van der Waals surface area contributed by atoms with E-state index in [1.54, 1.807) is 13.1 Å². The molecule has 0 N–H and O–H groups in total. The second-order valence-corrected chi connectivity index (χ2v) is 7.10. The molecule has 13 heavy (non-hydrogen) atoms. The number of rotatable bonds is 8. The summed E-state index contributed by atoms with van der Waals surface area (Å²) in [6.45, 7) is 6.29. The van der Waals surface area contributed by atoms with E-state index >= 15 is 0 Å². The van der Waals surface area contributed by atoms with Crippen molar-refractivity contribution in [3.8, 4) is 0 Å². The Kier molecular flexibility index (Phi) is 7.61. The molecule has 0 aromatic heterocycles. The molecule has 0 rings (SSSR count). The molecule has 0 amide bonds. The number of hydrogen-bond acceptors (Lipinski definition) is 1. The molecule has 0 bridgehead atoms. The molecule has 79 valence electrons. The molecule has 0 aromatic rings. The third-order valence-corrected chi connectivity index (χ3v) is 2.85. The Morgan fingerprint density at radius 2 is 1.54 bits per heavy atom. The van der Waals surface area contributed by atoms with Crippen LogP contribution in [0.2, 0.25) is 13.1 Å². The number of hydrogen-bond donors (Lipinski definition) is 0. The van der Waals surface area contributed by atoms with Gasteiger partial charge in [-0.1, -0.05) is 39.0 Å². The lowest BCUT2D eigenvalue weighted by atomic mass is 10.1. The van der Waals surface area contributed by atoms with Crippen molar-refractivity contribution in [1.29, 1.82) is 0 Å². The minimum absolute atomic E-state index is 0.675. The molecule has 0 atom stereocenters. The van der Waals surface area contributed by atoms with Crippen molar-refractivity contribution in [2.75, 3.05) is 6.61 Å². The highest BCUT2D eigenvalue weighted by Crippen LogP contribution is 2.06. The molecule has 3 heteroatoms. The average Bonchev–Trinajstić information content (AvgIpc) is 2.01. The predicted molar refractivity (Wildman–Crippen MR) is 57.5 cm³/mol. The molecule has 0 heterocycles. The molecule has 0 spiro atoms. The first-order valence-electron chi connectivity index (χ1n) is 5.40.